The smallest absolute Gasteiger partial charge is 0.343 e. The summed E-state index contributed by atoms with van der Waals surface area (Å²) in [4.78, 5) is 25.8. The summed E-state index contributed by atoms with van der Waals surface area (Å²) in [5.74, 6) is 0.144. The van der Waals surface area contributed by atoms with E-state index in [9.17, 15) is 9.59 Å². The molecule has 0 bridgehead atoms. The van der Waals surface area contributed by atoms with E-state index in [2.05, 4.69) is 22.4 Å². The van der Waals surface area contributed by atoms with Crippen LogP contribution in [0.5, 0.6) is 0 Å². The summed E-state index contributed by atoms with van der Waals surface area (Å²) in [6.07, 6.45) is 1.90. The number of hydrogen-bond donors (Lipinski definition) is 2. The largest absolute Gasteiger partial charge is 0.378 e. The van der Waals surface area contributed by atoms with Crippen LogP contribution in [0.15, 0.2) is 34.2 Å². The number of nitrogens with zero attached hydrogens (tertiary/aromatic N) is 3. The molecule has 0 radical (unpaired) electrons. The minimum Gasteiger partial charge on any atom is -0.378 e. The van der Waals surface area contributed by atoms with Gasteiger partial charge in [-0.3, -0.25) is 9.36 Å². The third-order valence-corrected chi connectivity index (χ3v) is 4.71. The maximum Gasteiger partial charge on any atom is 0.343 e. The van der Waals surface area contributed by atoms with Crippen LogP contribution in [0.25, 0.3) is 0 Å². The lowest BCUT2D eigenvalue weighted by atomic mass is 10.2. The lowest BCUT2D eigenvalue weighted by molar-refractivity contribution is -0.118. The third-order valence-electron chi connectivity index (χ3n) is 3.73. The Morgan fingerprint density at radius 1 is 1.32 bits per heavy atom. The maximum atomic E-state index is 12.0. The number of aromatic amines is 1. The molecule has 1 amide bonds. The van der Waals surface area contributed by atoms with E-state index in [0.29, 0.717) is 18.2 Å². The molecule has 0 atom stereocenters. The van der Waals surface area contributed by atoms with Crippen molar-refractivity contribution in [2.45, 2.75) is 38.0 Å². The Bertz CT molecular complexity index is 736. The molecule has 1 aromatic heterocycles. The van der Waals surface area contributed by atoms with E-state index in [0.717, 1.165) is 24.1 Å². The fourth-order valence-corrected chi connectivity index (χ4v) is 3.02. The SMILES string of the molecule is CCCCn1c(SCC(=O)NCc2ccc(N(C)C)cc2)n[nH]c1=O. The molecule has 0 spiro atoms. The van der Waals surface area contributed by atoms with E-state index in [1.807, 2.05) is 43.3 Å². The molecular weight excluding hydrogens is 338 g/mol. The number of H-pyrrole nitrogens is 1. The highest BCUT2D eigenvalue weighted by molar-refractivity contribution is 7.99. The molecule has 0 saturated heterocycles. The van der Waals surface area contributed by atoms with Crippen LogP contribution in [0.1, 0.15) is 25.3 Å². The average molecular weight is 363 g/mol. The number of aromatic nitrogens is 3. The molecule has 2 N–H and O–H groups in total. The number of carbonyl (C=O) groups excluding carboxylic acids is 1. The number of hydrogen-bond acceptors (Lipinski definition) is 5. The first-order chi connectivity index (χ1) is 12.0. The molecule has 0 aliphatic heterocycles. The Morgan fingerprint density at radius 3 is 2.68 bits per heavy atom. The van der Waals surface area contributed by atoms with Gasteiger partial charge in [0.15, 0.2) is 5.16 Å². The first-order valence-corrected chi connectivity index (χ1v) is 9.30. The standard InChI is InChI=1S/C17H25N5O2S/c1-4-5-10-22-16(24)19-20-17(22)25-12-15(23)18-11-13-6-8-14(9-7-13)21(2)3/h6-9H,4-5,10-12H2,1-3H3,(H,18,23)(H,19,24). The van der Waals surface area contributed by atoms with Gasteiger partial charge in [-0.15, -0.1) is 5.10 Å². The van der Waals surface area contributed by atoms with Gasteiger partial charge in [0.1, 0.15) is 0 Å². The summed E-state index contributed by atoms with van der Waals surface area (Å²) in [7, 11) is 3.98. The molecule has 136 valence electrons. The summed E-state index contributed by atoms with van der Waals surface area (Å²) in [5.41, 5.74) is 1.94. The molecule has 2 aromatic rings. The predicted molar refractivity (Wildman–Crippen MR) is 101 cm³/mol. The zero-order valence-corrected chi connectivity index (χ0v) is 15.7. The van der Waals surface area contributed by atoms with Crippen molar-refractivity contribution >= 4 is 23.4 Å². The fourth-order valence-electron chi connectivity index (χ4n) is 2.22. The number of thioether (sulfide) groups is 1. The van der Waals surface area contributed by atoms with Gasteiger partial charge in [0.25, 0.3) is 0 Å². The number of benzene rings is 1. The van der Waals surface area contributed by atoms with E-state index in [1.54, 1.807) is 4.57 Å². The van der Waals surface area contributed by atoms with Gasteiger partial charge in [-0.1, -0.05) is 37.2 Å². The van der Waals surface area contributed by atoms with Crippen molar-refractivity contribution < 1.29 is 4.79 Å². The van der Waals surface area contributed by atoms with Gasteiger partial charge in [-0.25, -0.2) is 9.89 Å². The minimum atomic E-state index is -0.225. The Balaban J connectivity index is 1.82. The molecule has 0 unspecified atom stereocenters. The Kier molecular flexibility index (Phi) is 7.12. The molecular formula is C17H25N5O2S. The first-order valence-electron chi connectivity index (χ1n) is 8.32. The Labute approximate surface area is 151 Å². The second-order valence-corrected chi connectivity index (χ2v) is 6.89. The van der Waals surface area contributed by atoms with Gasteiger partial charge >= 0.3 is 5.69 Å². The van der Waals surface area contributed by atoms with E-state index in [-0.39, 0.29) is 17.3 Å². The number of carbonyl (C=O) groups is 1. The summed E-state index contributed by atoms with van der Waals surface area (Å²) in [6.45, 7) is 3.17. The number of amides is 1. The zero-order valence-electron chi connectivity index (χ0n) is 14.9. The summed E-state index contributed by atoms with van der Waals surface area (Å²) in [6, 6.07) is 8.04. The van der Waals surface area contributed by atoms with Gasteiger partial charge in [0.05, 0.1) is 5.75 Å². The van der Waals surface area contributed by atoms with Crippen molar-refractivity contribution in [2.75, 3.05) is 24.7 Å². The zero-order chi connectivity index (χ0) is 18.2. The van der Waals surface area contributed by atoms with Gasteiger partial charge < -0.3 is 10.2 Å². The van der Waals surface area contributed by atoms with Gasteiger partial charge in [-0.05, 0) is 24.1 Å². The number of nitrogens with one attached hydrogen (secondary N) is 2. The predicted octanol–water partition coefficient (Wildman–Crippen LogP) is 1.85. The third kappa shape index (κ3) is 5.67. The maximum absolute atomic E-state index is 12.0. The molecule has 0 aliphatic carbocycles. The highest BCUT2D eigenvalue weighted by Gasteiger charge is 2.11. The second kappa shape index (κ2) is 9.31. The van der Waals surface area contributed by atoms with Crippen LogP contribution in [0, 0.1) is 0 Å². The van der Waals surface area contributed by atoms with E-state index < -0.39 is 0 Å². The molecule has 0 fully saturated rings. The lowest BCUT2D eigenvalue weighted by Gasteiger charge is -2.13. The summed E-state index contributed by atoms with van der Waals surface area (Å²) < 4.78 is 1.58. The topological polar surface area (TPSA) is 83.0 Å². The van der Waals surface area contributed by atoms with Crippen molar-refractivity contribution in [3.63, 3.8) is 0 Å². The van der Waals surface area contributed by atoms with Crippen LogP contribution in [0.3, 0.4) is 0 Å². The second-order valence-electron chi connectivity index (χ2n) is 5.94. The fraction of sp³-hybridized carbons (Fsp3) is 0.471. The van der Waals surface area contributed by atoms with Crippen molar-refractivity contribution in [3.05, 3.63) is 40.3 Å². The molecule has 7 nitrogen and oxygen atoms in total. The van der Waals surface area contributed by atoms with Gasteiger partial charge in [-0.2, -0.15) is 0 Å². The van der Waals surface area contributed by atoms with Crippen molar-refractivity contribution in [3.8, 4) is 0 Å². The van der Waals surface area contributed by atoms with E-state index in [1.165, 1.54) is 11.8 Å². The first kappa shape index (κ1) is 19.1. The van der Waals surface area contributed by atoms with Crippen LogP contribution < -0.4 is 15.9 Å². The lowest BCUT2D eigenvalue weighted by Crippen LogP contribution is -2.25. The molecule has 2 rings (SSSR count). The minimum absolute atomic E-state index is 0.0841. The highest BCUT2D eigenvalue weighted by atomic mass is 32.2. The number of rotatable bonds is 9. The molecule has 0 aliphatic rings. The van der Waals surface area contributed by atoms with Gasteiger partial charge in [0.2, 0.25) is 5.91 Å². The van der Waals surface area contributed by atoms with E-state index in [4.69, 9.17) is 0 Å². The van der Waals surface area contributed by atoms with Crippen LogP contribution in [-0.4, -0.2) is 40.5 Å². The Hall–Kier alpha value is -2.22. The molecule has 8 heteroatoms. The van der Waals surface area contributed by atoms with Crippen LogP contribution in [0.2, 0.25) is 0 Å². The summed E-state index contributed by atoms with van der Waals surface area (Å²) >= 11 is 1.27. The van der Waals surface area contributed by atoms with Crippen LogP contribution in [0.4, 0.5) is 5.69 Å². The van der Waals surface area contributed by atoms with Crippen molar-refractivity contribution in [1.82, 2.24) is 20.1 Å². The van der Waals surface area contributed by atoms with Crippen LogP contribution in [-0.2, 0) is 17.9 Å². The molecule has 0 saturated carbocycles. The number of anilines is 1. The Morgan fingerprint density at radius 2 is 2.04 bits per heavy atom. The molecule has 1 aromatic carbocycles. The monoisotopic (exact) mass is 363 g/mol. The van der Waals surface area contributed by atoms with Crippen molar-refractivity contribution in [1.29, 1.82) is 0 Å². The normalized spacial score (nSPS) is 10.7. The molecule has 25 heavy (non-hydrogen) atoms. The summed E-state index contributed by atoms with van der Waals surface area (Å²) in [5, 5.41) is 9.88. The highest BCUT2D eigenvalue weighted by Crippen LogP contribution is 2.14. The van der Waals surface area contributed by atoms with Gasteiger partial charge in [0, 0.05) is 32.9 Å². The molecule has 1 heterocycles. The average Bonchev–Trinajstić information content (AvgIpc) is 2.96. The van der Waals surface area contributed by atoms with Crippen molar-refractivity contribution in [2.24, 2.45) is 0 Å². The number of unbranched alkanes of at least 4 members (excludes halogenated alkanes) is 1. The van der Waals surface area contributed by atoms with Crippen LogP contribution >= 0.6 is 11.8 Å². The van der Waals surface area contributed by atoms with E-state index >= 15 is 0 Å². The quantitative estimate of drug-likeness (QED) is 0.664.